The van der Waals surface area contributed by atoms with E-state index in [1.54, 1.807) is 24.9 Å². The Kier molecular flexibility index (Phi) is 7.20. The van der Waals surface area contributed by atoms with Crippen LogP contribution < -0.4 is 0 Å². The molecule has 1 N–H and O–H groups in total. The molecule has 6 nitrogen and oxygen atoms in total. The molecule has 0 bridgehead atoms. The van der Waals surface area contributed by atoms with Crippen molar-refractivity contribution in [1.82, 2.24) is 24.8 Å². The van der Waals surface area contributed by atoms with E-state index < -0.39 is 0 Å². The van der Waals surface area contributed by atoms with Gasteiger partial charge in [-0.15, -0.1) is 11.8 Å². The number of amides is 1. The summed E-state index contributed by atoms with van der Waals surface area (Å²) in [6.07, 6.45) is 5.51. The number of piperazine rings is 1. The number of hydrogen-bond donors (Lipinski definition) is 1. The molecule has 2 aromatic heterocycles. The molecular weight excluding hydrogens is 378 g/mol. The minimum Gasteiger partial charge on any atom is -0.340 e. The van der Waals surface area contributed by atoms with Gasteiger partial charge in [-0.25, -0.2) is 4.98 Å². The number of aromatic amines is 1. The van der Waals surface area contributed by atoms with E-state index in [1.165, 1.54) is 10.5 Å². The highest BCUT2D eigenvalue weighted by Gasteiger charge is 2.24. The van der Waals surface area contributed by atoms with Crippen molar-refractivity contribution in [2.45, 2.75) is 42.6 Å². The molecule has 1 aliphatic rings. The van der Waals surface area contributed by atoms with Crippen LogP contribution in [0.5, 0.6) is 0 Å². The van der Waals surface area contributed by atoms with Crippen molar-refractivity contribution < 1.29 is 4.79 Å². The fourth-order valence-electron chi connectivity index (χ4n) is 3.32. The molecule has 1 aliphatic heterocycles. The zero-order chi connectivity index (χ0) is 19.2. The third-order valence-electron chi connectivity index (χ3n) is 4.86. The Bertz CT molecular complexity index is 753. The van der Waals surface area contributed by atoms with Crippen molar-refractivity contribution in [2.75, 3.05) is 31.9 Å². The van der Waals surface area contributed by atoms with E-state index in [9.17, 15) is 4.79 Å². The maximum Gasteiger partial charge on any atom is 0.219 e. The molecule has 1 saturated heterocycles. The third kappa shape index (κ3) is 5.49. The summed E-state index contributed by atoms with van der Waals surface area (Å²) >= 11 is 3.57. The lowest BCUT2D eigenvalue weighted by molar-refractivity contribution is -0.133. The molecule has 0 aliphatic carbocycles. The van der Waals surface area contributed by atoms with Gasteiger partial charge in [0.1, 0.15) is 0 Å². The first-order valence-electron chi connectivity index (χ1n) is 9.23. The Hall–Kier alpha value is -1.51. The van der Waals surface area contributed by atoms with Gasteiger partial charge in [-0.3, -0.25) is 14.7 Å². The van der Waals surface area contributed by atoms with E-state index >= 15 is 0 Å². The van der Waals surface area contributed by atoms with E-state index in [0.29, 0.717) is 6.04 Å². The molecule has 3 heterocycles. The van der Waals surface area contributed by atoms with Gasteiger partial charge < -0.3 is 9.88 Å². The molecule has 1 fully saturated rings. The topological polar surface area (TPSA) is 65.1 Å². The number of H-pyrrole nitrogens is 1. The Balaban J connectivity index is 1.48. The van der Waals surface area contributed by atoms with E-state index in [2.05, 4.69) is 39.8 Å². The van der Waals surface area contributed by atoms with Crippen LogP contribution in [0.1, 0.15) is 25.1 Å². The Labute approximate surface area is 169 Å². The molecule has 0 aromatic carbocycles. The summed E-state index contributed by atoms with van der Waals surface area (Å²) in [5, 5.41) is 0.924. The lowest BCUT2D eigenvalue weighted by Gasteiger charge is -2.39. The molecule has 1 unspecified atom stereocenters. The second kappa shape index (κ2) is 9.61. The third-order valence-corrected chi connectivity index (χ3v) is 6.91. The fraction of sp³-hybridized carbons (Fsp3) is 0.526. The summed E-state index contributed by atoms with van der Waals surface area (Å²) in [6, 6.07) is 2.41. The van der Waals surface area contributed by atoms with Gasteiger partial charge in [0.15, 0.2) is 5.16 Å². The number of carbonyl (C=O) groups is 1. The largest absolute Gasteiger partial charge is 0.340 e. The Morgan fingerprint density at radius 2 is 2.15 bits per heavy atom. The Morgan fingerprint density at radius 3 is 2.85 bits per heavy atom. The van der Waals surface area contributed by atoms with Crippen molar-refractivity contribution in [3.05, 3.63) is 35.9 Å². The second-order valence-corrected chi connectivity index (χ2v) is 8.88. The van der Waals surface area contributed by atoms with Gasteiger partial charge in [0.25, 0.3) is 0 Å². The standard InChI is InChI=1S/C19H27N5OS2/c1-14-12-23(8-9-24(14)16(3)25)10-11-26-18-4-5-20-17(15(18)2)13-27-19-21-6-7-22-19/h4-7,14H,8-13H2,1-3H3,(H,21,22). The molecule has 1 atom stereocenters. The SMILES string of the molecule is CC(=O)N1CCN(CCSc2ccnc(CSc3ncc[nH]3)c2C)CC1C. The molecule has 0 saturated carbocycles. The van der Waals surface area contributed by atoms with E-state index in [1.807, 2.05) is 29.1 Å². The van der Waals surface area contributed by atoms with Crippen LogP contribution in [0.4, 0.5) is 0 Å². The first-order valence-corrected chi connectivity index (χ1v) is 11.2. The summed E-state index contributed by atoms with van der Waals surface area (Å²) in [7, 11) is 0. The van der Waals surface area contributed by atoms with Gasteiger partial charge in [0.2, 0.25) is 5.91 Å². The molecule has 146 valence electrons. The van der Waals surface area contributed by atoms with Crippen LogP contribution in [0.3, 0.4) is 0 Å². The van der Waals surface area contributed by atoms with Crippen LogP contribution in [-0.4, -0.2) is 68.6 Å². The smallest absolute Gasteiger partial charge is 0.219 e. The highest BCUT2D eigenvalue weighted by atomic mass is 32.2. The van der Waals surface area contributed by atoms with Crippen LogP contribution >= 0.6 is 23.5 Å². The molecule has 2 aromatic rings. The summed E-state index contributed by atoms with van der Waals surface area (Å²) in [6.45, 7) is 9.75. The Morgan fingerprint density at radius 1 is 1.30 bits per heavy atom. The van der Waals surface area contributed by atoms with E-state index in [-0.39, 0.29) is 5.91 Å². The molecule has 27 heavy (non-hydrogen) atoms. The average Bonchev–Trinajstić information content (AvgIpc) is 3.15. The van der Waals surface area contributed by atoms with Gasteiger partial charge in [-0.2, -0.15) is 0 Å². The lowest BCUT2D eigenvalue weighted by atomic mass is 10.2. The highest BCUT2D eigenvalue weighted by Crippen LogP contribution is 2.27. The first kappa shape index (κ1) is 20.2. The molecule has 0 spiro atoms. The number of thioether (sulfide) groups is 2. The monoisotopic (exact) mass is 405 g/mol. The summed E-state index contributed by atoms with van der Waals surface area (Å²) in [5.74, 6) is 2.05. The van der Waals surface area contributed by atoms with E-state index in [4.69, 9.17) is 0 Å². The van der Waals surface area contributed by atoms with Crippen molar-refractivity contribution >= 4 is 29.4 Å². The maximum absolute atomic E-state index is 11.6. The number of aromatic nitrogens is 3. The normalized spacial score (nSPS) is 18.0. The minimum atomic E-state index is 0.184. The molecule has 1 amide bonds. The number of rotatable bonds is 7. The lowest BCUT2D eigenvalue weighted by Crippen LogP contribution is -2.53. The number of pyridine rings is 1. The number of nitrogens with zero attached hydrogens (tertiary/aromatic N) is 4. The van der Waals surface area contributed by atoms with E-state index in [0.717, 1.165) is 48.5 Å². The summed E-state index contributed by atoms with van der Waals surface area (Å²) in [4.78, 5) is 29.2. The number of carbonyl (C=O) groups excluding carboxylic acids is 1. The zero-order valence-corrected chi connectivity index (χ0v) is 17.8. The zero-order valence-electron chi connectivity index (χ0n) is 16.1. The maximum atomic E-state index is 11.6. The molecular formula is C19H27N5OS2. The van der Waals surface area contributed by atoms with Crippen LogP contribution in [0.25, 0.3) is 0 Å². The molecule has 3 rings (SSSR count). The molecule has 8 heteroatoms. The van der Waals surface area contributed by atoms with Crippen LogP contribution in [-0.2, 0) is 10.5 Å². The van der Waals surface area contributed by atoms with Crippen molar-refractivity contribution in [1.29, 1.82) is 0 Å². The van der Waals surface area contributed by atoms with Crippen molar-refractivity contribution in [3.63, 3.8) is 0 Å². The quantitative estimate of drug-likeness (QED) is 0.714. The average molecular weight is 406 g/mol. The van der Waals surface area contributed by atoms with Gasteiger partial charge in [-0.05, 0) is 25.5 Å². The minimum absolute atomic E-state index is 0.184. The summed E-state index contributed by atoms with van der Waals surface area (Å²) in [5.41, 5.74) is 2.38. The van der Waals surface area contributed by atoms with Gasteiger partial charge in [0.05, 0.1) is 5.69 Å². The fourth-order valence-corrected chi connectivity index (χ4v) is 5.23. The van der Waals surface area contributed by atoms with Gasteiger partial charge in [0, 0.05) is 74.1 Å². The first-order chi connectivity index (χ1) is 13.0. The predicted molar refractivity (Wildman–Crippen MR) is 111 cm³/mol. The number of imidazole rings is 1. The number of nitrogens with one attached hydrogen (secondary N) is 1. The second-order valence-electron chi connectivity index (χ2n) is 6.77. The van der Waals surface area contributed by atoms with Crippen LogP contribution in [0.2, 0.25) is 0 Å². The van der Waals surface area contributed by atoms with Gasteiger partial charge >= 0.3 is 0 Å². The highest BCUT2D eigenvalue weighted by molar-refractivity contribution is 7.99. The van der Waals surface area contributed by atoms with Crippen molar-refractivity contribution in [2.24, 2.45) is 0 Å². The summed E-state index contributed by atoms with van der Waals surface area (Å²) < 4.78 is 0. The van der Waals surface area contributed by atoms with Crippen LogP contribution in [0, 0.1) is 6.92 Å². The molecule has 0 radical (unpaired) electrons. The predicted octanol–water partition coefficient (Wildman–Crippen LogP) is 3.05. The van der Waals surface area contributed by atoms with Gasteiger partial charge in [-0.1, -0.05) is 11.8 Å². The number of hydrogen-bond acceptors (Lipinski definition) is 6. The van der Waals surface area contributed by atoms with Crippen LogP contribution in [0.15, 0.2) is 34.7 Å². The van der Waals surface area contributed by atoms with Crippen molar-refractivity contribution in [3.8, 4) is 0 Å².